The van der Waals surface area contributed by atoms with E-state index < -0.39 is 0 Å². The predicted octanol–water partition coefficient (Wildman–Crippen LogP) is 1.18. The monoisotopic (exact) mass is 139 g/mol. The summed E-state index contributed by atoms with van der Waals surface area (Å²) in [5, 5.41) is 0. The van der Waals surface area contributed by atoms with Crippen molar-refractivity contribution in [3.8, 4) is 0 Å². The van der Waals surface area contributed by atoms with Crippen molar-refractivity contribution >= 4 is 5.78 Å². The van der Waals surface area contributed by atoms with Gasteiger partial charge in [-0.2, -0.15) is 0 Å². The van der Waals surface area contributed by atoms with Crippen molar-refractivity contribution in [2.75, 3.05) is 6.54 Å². The van der Waals surface area contributed by atoms with E-state index in [4.69, 9.17) is 0 Å². The highest BCUT2D eigenvalue weighted by Crippen LogP contribution is 2.15. The summed E-state index contributed by atoms with van der Waals surface area (Å²) in [4.78, 5) is 13.1. The molecule has 0 aromatic carbocycles. The molecule has 1 aliphatic rings. The number of rotatable bonds is 2. The summed E-state index contributed by atoms with van der Waals surface area (Å²) in [5.74, 6) is 0.363. The van der Waals surface area contributed by atoms with Crippen LogP contribution < -0.4 is 0 Å². The summed E-state index contributed by atoms with van der Waals surface area (Å²) in [7, 11) is 0. The molecule has 1 saturated heterocycles. The Labute approximate surface area is 61.5 Å². The zero-order valence-electron chi connectivity index (χ0n) is 6.34. The van der Waals surface area contributed by atoms with E-state index in [0.29, 0.717) is 12.2 Å². The molecule has 0 aromatic heterocycles. The zero-order valence-corrected chi connectivity index (χ0v) is 6.34. The average Bonchev–Trinajstić information content (AvgIpc) is 2.30. The summed E-state index contributed by atoms with van der Waals surface area (Å²) >= 11 is 0. The van der Waals surface area contributed by atoms with Crippen LogP contribution in [-0.2, 0) is 4.79 Å². The summed E-state index contributed by atoms with van der Waals surface area (Å²) in [6, 6.07) is 0.123. The molecule has 1 aliphatic heterocycles. The topological polar surface area (TPSA) is 20.3 Å². The van der Waals surface area contributed by atoms with Crippen molar-refractivity contribution < 1.29 is 4.79 Å². The SMILES string of the molecule is C=CN1CCC(=O)C1CC. The minimum atomic E-state index is 0.123. The molecule has 0 aliphatic carbocycles. The predicted molar refractivity (Wildman–Crippen MR) is 40.6 cm³/mol. The van der Waals surface area contributed by atoms with Gasteiger partial charge in [0, 0.05) is 13.0 Å². The van der Waals surface area contributed by atoms with E-state index in [9.17, 15) is 4.79 Å². The smallest absolute Gasteiger partial charge is 0.156 e. The van der Waals surface area contributed by atoms with Gasteiger partial charge in [0.15, 0.2) is 5.78 Å². The molecular formula is C8H13NO. The second-order valence-electron chi connectivity index (χ2n) is 2.56. The quantitative estimate of drug-likeness (QED) is 0.572. The van der Waals surface area contributed by atoms with E-state index in [-0.39, 0.29) is 6.04 Å². The van der Waals surface area contributed by atoms with Crippen molar-refractivity contribution in [2.45, 2.75) is 25.8 Å². The third kappa shape index (κ3) is 1.06. The normalized spacial score (nSPS) is 25.5. The van der Waals surface area contributed by atoms with Gasteiger partial charge < -0.3 is 4.90 Å². The van der Waals surface area contributed by atoms with Crippen LogP contribution in [-0.4, -0.2) is 23.3 Å². The highest BCUT2D eigenvalue weighted by molar-refractivity contribution is 5.86. The van der Waals surface area contributed by atoms with Gasteiger partial charge in [0.25, 0.3) is 0 Å². The fourth-order valence-corrected chi connectivity index (χ4v) is 1.43. The van der Waals surface area contributed by atoms with E-state index in [1.165, 1.54) is 0 Å². The molecule has 2 heteroatoms. The lowest BCUT2D eigenvalue weighted by Gasteiger charge is -2.18. The molecule has 56 valence electrons. The maximum absolute atomic E-state index is 11.1. The number of Topliss-reactive ketones (excluding diaryl/α,β-unsaturated/α-hetero) is 1. The first-order valence-corrected chi connectivity index (χ1v) is 3.70. The summed E-state index contributed by atoms with van der Waals surface area (Å²) in [6.07, 6.45) is 3.37. The van der Waals surface area contributed by atoms with Gasteiger partial charge in [-0.25, -0.2) is 0 Å². The maximum atomic E-state index is 11.1. The molecule has 1 atom stereocenters. The fraction of sp³-hybridized carbons (Fsp3) is 0.625. The number of likely N-dealkylation sites (tertiary alicyclic amines) is 1. The van der Waals surface area contributed by atoms with E-state index in [1.54, 1.807) is 6.20 Å². The van der Waals surface area contributed by atoms with Crippen molar-refractivity contribution in [3.63, 3.8) is 0 Å². The number of nitrogens with zero attached hydrogens (tertiary/aromatic N) is 1. The minimum absolute atomic E-state index is 0.123. The second kappa shape index (κ2) is 2.86. The van der Waals surface area contributed by atoms with Crippen LogP contribution in [0.2, 0.25) is 0 Å². The molecule has 0 saturated carbocycles. The third-order valence-corrected chi connectivity index (χ3v) is 2.01. The molecule has 1 fully saturated rings. The first kappa shape index (κ1) is 7.32. The molecule has 0 bridgehead atoms. The van der Waals surface area contributed by atoms with Gasteiger partial charge in [-0.15, -0.1) is 0 Å². The molecule has 0 N–H and O–H groups in total. The van der Waals surface area contributed by atoms with Crippen LogP contribution in [0.3, 0.4) is 0 Å². The summed E-state index contributed by atoms with van der Waals surface area (Å²) in [5.41, 5.74) is 0. The van der Waals surface area contributed by atoms with Gasteiger partial charge in [-0.1, -0.05) is 13.5 Å². The molecule has 0 amide bonds. The lowest BCUT2D eigenvalue weighted by molar-refractivity contribution is -0.119. The Kier molecular flexibility index (Phi) is 2.10. The molecule has 1 heterocycles. The highest BCUT2D eigenvalue weighted by Gasteiger charge is 2.27. The van der Waals surface area contributed by atoms with Crippen molar-refractivity contribution in [2.24, 2.45) is 0 Å². The second-order valence-corrected chi connectivity index (χ2v) is 2.56. The molecule has 1 unspecified atom stereocenters. The Hall–Kier alpha value is -0.790. The highest BCUT2D eigenvalue weighted by atomic mass is 16.1. The van der Waals surface area contributed by atoms with Crippen molar-refractivity contribution in [1.29, 1.82) is 0 Å². The Balaban J connectivity index is 2.62. The Morgan fingerprint density at radius 2 is 2.60 bits per heavy atom. The summed E-state index contributed by atoms with van der Waals surface area (Å²) in [6.45, 7) is 6.54. The Morgan fingerprint density at radius 1 is 1.90 bits per heavy atom. The van der Waals surface area contributed by atoms with Crippen LogP contribution in [0.4, 0.5) is 0 Å². The lowest BCUT2D eigenvalue weighted by atomic mass is 10.1. The van der Waals surface area contributed by atoms with Gasteiger partial charge in [0.2, 0.25) is 0 Å². The molecule has 0 aromatic rings. The molecule has 0 spiro atoms. The van der Waals surface area contributed by atoms with Crippen molar-refractivity contribution in [3.05, 3.63) is 12.8 Å². The number of ketones is 1. The maximum Gasteiger partial charge on any atom is 0.156 e. The number of hydrogen-bond donors (Lipinski definition) is 0. The lowest BCUT2D eigenvalue weighted by Crippen LogP contribution is -2.27. The molecule has 10 heavy (non-hydrogen) atoms. The number of hydrogen-bond acceptors (Lipinski definition) is 2. The van der Waals surface area contributed by atoms with Gasteiger partial charge in [-0.3, -0.25) is 4.79 Å². The van der Waals surface area contributed by atoms with Crippen LogP contribution >= 0.6 is 0 Å². The standard InChI is InChI=1S/C8H13NO/c1-3-7-8(10)5-6-9(7)4-2/h4,7H,2-3,5-6H2,1H3. The molecule has 1 rings (SSSR count). The third-order valence-electron chi connectivity index (χ3n) is 2.01. The first-order valence-electron chi connectivity index (χ1n) is 3.70. The van der Waals surface area contributed by atoms with E-state index >= 15 is 0 Å². The number of carbonyl (C=O) groups excluding carboxylic acids is 1. The van der Waals surface area contributed by atoms with Gasteiger partial charge in [0.05, 0.1) is 6.04 Å². The van der Waals surface area contributed by atoms with Gasteiger partial charge >= 0.3 is 0 Å². The fourth-order valence-electron chi connectivity index (χ4n) is 1.43. The van der Waals surface area contributed by atoms with Gasteiger partial charge in [-0.05, 0) is 12.6 Å². The number of carbonyl (C=O) groups is 1. The van der Waals surface area contributed by atoms with Crippen molar-refractivity contribution in [1.82, 2.24) is 4.90 Å². The van der Waals surface area contributed by atoms with E-state index in [2.05, 4.69) is 6.58 Å². The van der Waals surface area contributed by atoms with Crippen LogP contribution in [0.1, 0.15) is 19.8 Å². The van der Waals surface area contributed by atoms with Gasteiger partial charge in [0.1, 0.15) is 0 Å². The van der Waals surface area contributed by atoms with E-state index in [1.807, 2.05) is 11.8 Å². The molecule has 2 nitrogen and oxygen atoms in total. The van der Waals surface area contributed by atoms with Crippen LogP contribution in [0.5, 0.6) is 0 Å². The minimum Gasteiger partial charge on any atom is -0.368 e. The molecule has 0 radical (unpaired) electrons. The van der Waals surface area contributed by atoms with E-state index in [0.717, 1.165) is 13.0 Å². The Bertz CT molecular complexity index is 153. The molecular weight excluding hydrogens is 126 g/mol. The zero-order chi connectivity index (χ0) is 7.56. The average molecular weight is 139 g/mol. The Morgan fingerprint density at radius 3 is 3.00 bits per heavy atom. The summed E-state index contributed by atoms with van der Waals surface area (Å²) < 4.78 is 0. The van der Waals surface area contributed by atoms with Crippen LogP contribution in [0.15, 0.2) is 12.8 Å². The van der Waals surface area contributed by atoms with Crippen LogP contribution in [0, 0.1) is 0 Å². The van der Waals surface area contributed by atoms with Crippen LogP contribution in [0.25, 0.3) is 0 Å². The first-order chi connectivity index (χ1) is 4.79. The largest absolute Gasteiger partial charge is 0.368 e.